The number of benzene rings is 1. The van der Waals surface area contributed by atoms with Crippen LogP contribution in [0.15, 0.2) is 18.2 Å². The van der Waals surface area contributed by atoms with Crippen molar-refractivity contribution in [2.45, 2.75) is 65.7 Å². The minimum absolute atomic E-state index is 0.186. The summed E-state index contributed by atoms with van der Waals surface area (Å²) in [6.07, 6.45) is 5.02. The van der Waals surface area contributed by atoms with Crippen LogP contribution in [0.3, 0.4) is 0 Å². The Bertz CT molecular complexity index is 360. The molecule has 102 valence electrons. The topological polar surface area (TPSA) is 9.23 Å². The second-order valence-electron chi connectivity index (χ2n) is 6.14. The van der Waals surface area contributed by atoms with Crippen molar-refractivity contribution in [3.8, 4) is 5.75 Å². The maximum absolute atomic E-state index is 5.84. The number of hydrogen-bond acceptors (Lipinski definition) is 1. The molecular weight excluding hydrogens is 220 g/mol. The predicted octanol–water partition coefficient (Wildman–Crippen LogP) is 5.25. The first-order valence-corrected chi connectivity index (χ1v) is 7.19. The second-order valence-corrected chi connectivity index (χ2v) is 6.14. The van der Waals surface area contributed by atoms with Gasteiger partial charge in [-0.3, -0.25) is 0 Å². The summed E-state index contributed by atoms with van der Waals surface area (Å²) in [6.45, 7) is 12.0. The summed E-state index contributed by atoms with van der Waals surface area (Å²) in [5.74, 6) is 1.02. The van der Waals surface area contributed by atoms with Crippen LogP contribution in [0.2, 0.25) is 0 Å². The van der Waals surface area contributed by atoms with E-state index in [1.807, 2.05) is 0 Å². The Balaban J connectivity index is 2.57. The van der Waals surface area contributed by atoms with Crippen molar-refractivity contribution in [3.63, 3.8) is 0 Å². The van der Waals surface area contributed by atoms with Gasteiger partial charge in [0.15, 0.2) is 0 Å². The highest BCUT2D eigenvalue weighted by Crippen LogP contribution is 2.29. The molecule has 0 radical (unpaired) electrons. The summed E-state index contributed by atoms with van der Waals surface area (Å²) in [5, 5.41) is 0. The Morgan fingerprint density at radius 1 is 1.06 bits per heavy atom. The van der Waals surface area contributed by atoms with E-state index in [1.54, 1.807) is 0 Å². The lowest BCUT2D eigenvalue weighted by atomic mass is 9.84. The van der Waals surface area contributed by atoms with Crippen molar-refractivity contribution in [3.05, 3.63) is 29.3 Å². The van der Waals surface area contributed by atoms with Gasteiger partial charge in [0.1, 0.15) is 5.75 Å². The molecule has 0 aliphatic heterocycles. The van der Waals surface area contributed by atoms with Crippen LogP contribution in [0.5, 0.6) is 5.75 Å². The molecule has 1 heteroatoms. The van der Waals surface area contributed by atoms with Gasteiger partial charge in [-0.2, -0.15) is 0 Å². The summed E-state index contributed by atoms with van der Waals surface area (Å²) >= 11 is 0. The molecule has 0 fully saturated rings. The molecule has 0 heterocycles. The zero-order chi connectivity index (χ0) is 13.6. The van der Waals surface area contributed by atoms with Crippen LogP contribution in [0, 0.1) is 6.92 Å². The van der Waals surface area contributed by atoms with Gasteiger partial charge in [0.25, 0.3) is 0 Å². The highest BCUT2D eigenvalue weighted by Gasteiger charge is 2.16. The second kappa shape index (κ2) is 6.82. The SMILES string of the molecule is CCCCCCOc1ccc(C)c(C(C)(C)C)c1. The third kappa shape index (κ3) is 4.72. The molecule has 1 aromatic rings. The first-order valence-electron chi connectivity index (χ1n) is 7.19. The molecule has 0 atom stereocenters. The van der Waals surface area contributed by atoms with Crippen molar-refractivity contribution in [1.29, 1.82) is 0 Å². The van der Waals surface area contributed by atoms with Gasteiger partial charge in [-0.1, -0.05) is 53.0 Å². The minimum atomic E-state index is 0.186. The Morgan fingerprint density at radius 2 is 1.78 bits per heavy atom. The standard InChI is InChI=1S/C17H28O/c1-6-7-8-9-12-18-15-11-10-14(2)16(13-15)17(3,4)5/h10-11,13H,6-9,12H2,1-5H3. The van der Waals surface area contributed by atoms with E-state index in [2.05, 4.69) is 52.8 Å². The molecule has 0 bridgehead atoms. The number of ether oxygens (including phenoxy) is 1. The van der Waals surface area contributed by atoms with Crippen LogP contribution < -0.4 is 4.74 Å². The van der Waals surface area contributed by atoms with Crippen LogP contribution in [0.25, 0.3) is 0 Å². The maximum Gasteiger partial charge on any atom is 0.119 e. The molecular formula is C17H28O. The van der Waals surface area contributed by atoms with Crippen LogP contribution in [-0.4, -0.2) is 6.61 Å². The normalized spacial score (nSPS) is 11.6. The summed E-state index contributed by atoms with van der Waals surface area (Å²) in [7, 11) is 0. The van der Waals surface area contributed by atoms with E-state index in [9.17, 15) is 0 Å². The largest absolute Gasteiger partial charge is 0.494 e. The number of hydrogen-bond donors (Lipinski definition) is 0. The summed E-state index contributed by atoms with van der Waals surface area (Å²) < 4.78 is 5.84. The van der Waals surface area contributed by atoms with E-state index in [0.717, 1.165) is 18.8 Å². The zero-order valence-corrected chi connectivity index (χ0v) is 12.7. The van der Waals surface area contributed by atoms with Gasteiger partial charge in [-0.25, -0.2) is 0 Å². The third-order valence-electron chi connectivity index (χ3n) is 3.28. The molecule has 0 unspecified atom stereocenters. The Kier molecular flexibility index (Phi) is 5.71. The number of aryl methyl sites for hydroxylation is 1. The first kappa shape index (κ1) is 15.1. The summed E-state index contributed by atoms with van der Waals surface area (Å²) in [5.41, 5.74) is 2.92. The summed E-state index contributed by atoms with van der Waals surface area (Å²) in [6, 6.07) is 6.46. The lowest BCUT2D eigenvalue weighted by molar-refractivity contribution is 0.304. The Labute approximate surface area is 113 Å². The maximum atomic E-state index is 5.84. The molecule has 0 spiro atoms. The molecule has 1 nitrogen and oxygen atoms in total. The molecule has 0 amide bonds. The highest BCUT2D eigenvalue weighted by molar-refractivity contribution is 5.38. The molecule has 0 aromatic heterocycles. The van der Waals surface area contributed by atoms with Gasteiger partial charge < -0.3 is 4.74 Å². The molecule has 0 N–H and O–H groups in total. The number of unbranched alkanes of at least 4 members (excludes halogenated alkanes) is 3. The van der Waals surface area contributed by atoms with Crippen molar-refractivity contribution in [1.82, 2.24) is 0 Å². The van der Waals surface area contributed by atoms with Crippen LogP contribution in [0.4, 0.5) is 0 Å². The molecule has 0 aliphatic rings. The van der Waals surface area contributed by atoms with Crippen molar-refractivity contribution >= 4 is 0 Å². The monoisotopic (exact) mass is 248 g/mol. The van der Waals surface area contributed by atoms with E-state index < -0.39 is 0 Å². The van der Waals surface area contributed by atoms with E-state index in [1.165, 1.54) is 30.4 Å². The lowest BCUT2D eigenvalue weighted by Crippen LogP contribution is -2.13. The number of rotatable bonds is 6. The molecule has 18 heavy (non-hydrogen) atoms. The lowest BCUT2D eigenvalue weighted by Gasteiger charge is -2.22. The predicted molar refractivity (Wildman–Crippen MR) is 79.5 cm³/mol. The Morgan fingerprint density at radius 3 is 2.39 bits per heavy atom. The average Bonchev–Trinajstić information content (AvgIpc) is 2.29. The van der Waals surface area contributed by atoms with Crippen molar-refractivity contribution in [2.24, 2.45) is 0 Å². The van der Waals surface area contributed by atoms with Gasteiger partial charge in [-0.15, -0.1) is 0 Å². The van der Waals surface area contributed by atoms with Crippen LogP contribution in [-0.2, 0) is 5.41 Å². The fourth-order valence-corrected chi connectivity index (χ4v) is 2.22. The smallest absolute Gasteiger partial charge is 0.119 e. The molecule has 1 aromatic carbocycles. The van der Waals surface area contributed by atoms with Crippen molar-refractivity contribution < 1.29 is 4.74 Å². The zero-order valence-electron chi connectivity index (χ0n) is 12.7. The van der Waals surface area contributed by atoms with Crippen molar-refractivity contribution in [2.75, 3.05) is 6.61 Å². The van der Waals surface area contributed by atoms with Gasteiger partial charge in [0, 0.05) is 0 Å². The average molecular weight is 248 g/mol. The first-order chi connectivity index (χ1) is 8.45. The fraction of sp³-hybridized carbons (Fsp3) is 0.647. The van der Waals surface area contributed by atoms with Gasteiger partial charge >= 0.3 is 0 Å². The van der Waals surface area contributed by atoms with Gasteiger partial charge in [0.05, 0.1) is 6.61 Å². The van der Waals surface area contributed by atoms with E-state index >= 15 is 0 Å². The van der Waals surface area contributed by atoms with Gasteiger partial charge in [-0.05, 0) is 42.0 Å². The van der Waals surface area contributed by atoms with E-state index in [-0.39, 0.29) is 5.41 Å². The molecule has 0 saturated carbocycles. The minimum Gasteiger partial charge on any atom is -0.494 e. The third-order valence-corrected chi connectivity index (χ3v) is 3.28. The highest BCUT2D eigenvalue weighted by atomic mass is 16.5. The van der Waals surface area contributed by atoms with Crippen LogP contribution >= 0.6 is 0 Å². The van der Waals surface area contributed by atoms with E-state index in [4.69, 9.17) is 4.74 Å². The van der Waals surface area contributed by atoms with E-state index in [0.29, 0.717) is 0 Å². The summed E-state index contributed by atoms with van der Waals surface area (Å²) in [4.78, 5) is 0. The Hall–Kier alpha value is -0.980. The van der Waals surface area contributed by atoms with Crippen LogP contribution in [0.1, 0.15) is 64.5 Å². The fourth-order valence-electron chi connectivity index (χ4n) is 2.22. The molecule has 0 saturated heterocycles. The molecule has 0 aliphatic carbocycles. The quantitative estimate of drug-likeness (QED) is 0.625. The molecule has 1 rings (SSSR count). The van der Waals surface area contributed by atoms with Gasteiger partial charge in [0.2, 0.25) is 0 Å².